The summed E-state index contributed by atoms with van der Waals surface area (Å²) in [6, 6.07) is 1.89. The molecule has 2 aromatic rings. The number of aryl methyl sites for hydroxylation is 3. The summed E-state index contributed by atoms with van der Waals surface area (Å²) in [6.45, 7) is 6.09. The first-order chi connectivity index (χ1) is 10.9. The maximum absolute atomic E-state index is 12.9. The van der Waals surface area contributed by atoms with E-state index in [0.29, 0.717) is 23.4 Å². The summed E-state index contributed by atoms with van der Waals surface area (Å²) in [5.74, 6) is -1.33. The van der Waals surface area contributed by atoms with E-state index < -0.39 is 12.1 Å². The third-order valence-electron chi connectivity index (χ3n) is 3.91. The van der Waals surface area contributed by atoms with Gasteiger partial charge in [0.2, 0.25) is 0 Å². The van der Waals surface area contributed by atoms with Crippen molar-refractivity contribution in [2.45, 2.75) is 26.9 Å². The van der Waals surface area contributed by atoms with Crippen LogP contribution in [-0.2, 0) is 9.53 Å². The van der Waals surface area contributed by atoms with Gasteiger partial charge in [-0.3, -0.25) is 4.79 Å². The molecular formula is C15H18N4O4. The predicted octanol–water partition coefficient (Wildman–Crippen LogP) is 0.580. The topological polar surface area (TPSA) is 97.0 Å². The molecule has 0 aromatic carbocycles. The number of carboxylic acids is 1. The van der Waals surface area contributed by atoms with Crippen molar-refractivity contribution in [3.05, 3.63) is 28.7 Å². The smallest absolute Gasteiger partial charge is 0.334 e. The second kappa shape index (κ2) is 5.62. The molecule has 1 atom stereocenters. The van der Waals surface area contributed by atoms with Crippen LogP contribution in [0.15, 0.2) is 6.07 Å². The molecule has 8 heteroatoms. The quantitative estimate of drug-likeness (QED) is 0.870. The number of carboxylic acid groups (broad SMARTS) is 1. The molecule has 1 aliphatic heterocycles. The largest absolute Gasteiger partial charge is 0.479 e. The number of hydrogen-bond donors (Lipinski definition) is 1. The van der Waals surface area contributed by atoms with E-state index in [4.69, 9.17) is 9.84 Å². The Balaban J connectivity index is 2.01. The third-order valence-corrected chi connectivity index (χ3v) is 3.91. The summed E-state index contributed by atoms with van der Waals surface area (Å²) in [5.41, 5.74) is 3.19. The summed E-state index contributed by atoms with van der Waals surface area (Å²) < 4.78 is 6.81. The van der Waals surface area contributed by atoms with Gasteiger partial charge in [-0.05, 0) is 26.8 Å². The van der Waals surface area contributed by atoms with E-state index in [2.05, 4.69) is 10.1 Å². The molecule has 0 unspecified atom stereocenters. The fourth-order valence-electron chi connectivity index (χ4n) is 2.82. The van der Waals surface area contributed by atoms with Gasteiger partial charge >= 0.3 is 5.97 Å². The number of fused-ring (bicyclic) bond motifs is 1. The fraction of sp³-hybridized carbons (Fsp3) is 0.467. The van der Waals surface area contributed by atoms with Crippen LogP contribution in [0.25, 0.3) is 5.65 Å². The Morgan fingerprint density at radius 1 is 1.35 bits per heavy atom. The predicted molar refractivity (Wildman–Crippen MR) is 80.5 cm³/mol. The van der Waals surface area contributed by atoms with Gasteiger partial charge in [0.05, 0.1) is 18.8 Å². The summed E-state index contributed by atoms with van der Waals surface area (Å²) in [5, 5.41) is 13.5. The van der Waals surface area contributed by atoms with Crippen LogP contribution in [0.4, 0.5) is 0 Å². The number of ether oxygens (including phenoxy) is 1. The molecule has 3 rings (SSSR count). The maximum atomic E-state index is 12.9. The third kappa shape index (κ3) is 2.65. The molecule has 1 amide bonds. The molecule has 2 aromatic heterocycles. The van der Waals surface area contributed by atoms with E-state index in [0.717, 1.165) is 11.4 Å². The van der Waals surface area contributed by atoms with Gasteiger partial charge in [0.25, 0.3) is 5.91 Å². The van der Waals surface area contributed by atoms with Crippen molar-refractivity contribution >= 4 is 17.5 Å². The molecule has 0 radical (unpaired) electrons. The van der Waals surface area contributed by atoms with Crippen LogP contribution in [-0.4, -0.2) is 62.3 Å². The van der Waals surface area contributed by atoms with Gasteiger partial charge in [0.1, 0.15) is 5.56 Å². The standard InChI is InChI=1S/C15H18N4O4/c1-8-6-9(2)19-13(16-8)12(10(3)17-19)14(20)18-4-5-23-11(7-18)15(21)22/h6,11H,4-5,7H2,1-3H3,(H,21,22)/t11-/m1/s1. The number of rotatable bonds is 2. The molecule has 3 heterocycles. The highest BCUT2D eigenvalue weighted by Crippen LogP contribution is 2.19. The van der Waals surface area contributed by atoms with Gasteiger partial charge in [-0.1, -0.05) is 0 Å². The monoisotopic (exact) mass is 318 g/mol. The number of carbonyl (C=O) groups is 2. The highest BCUT2D eigenvalue weighted by molar-refractivity contribution is 6.01. The number of aromatic nitrogens is 3. The van der Waals surface area contributed by atoms with E-state index in [-0.39, 0.29) is 19.1 Å². The van der Waals surface area contributed by atoms with Crippen LogP contribution in [0.5, 0.6) is 0 Å². The summed E-state index contributed by atoms with van der Waals surface area (Å²) in [4.78, 5) is 29.9. The van der Waals surface area contributed by atoms with Crippen LogP contribution in [0.2, 0.25) is 0 Å². The van der Waals surface area contributed by atoms with Gasteiger partial charge in [-0.15, -0.1) is 0 Å². The minimum Gasteiger partial charge on any atom is -0.479 e. The summed E-state index contributed by atoms with van der Waals surface area (Å²) in [7, 11) is 0. The van der Waals surface area contributed by atoms with Gasteiger partial charge in [-0.2, -0.15) is 5.10 Å². The molecule has 23 heavy (non-hydrogen) atoms. The lowest BCUT2D eigenvalue weighted by atomic mass is 10.2. The second-order valence-corrected chi connectivity index (χ2v) is 5.68. The van der Waals surface area contributed by atoms with Crippen molar-refractivity contribution in [2.24, 2.45) is 0 Å². The number of hydrogen-bond acceptors (Lipinski definition) is 5. The molecule has 8 nitrogen and oxygen atoms in total. The fourth-order valence-corrected chi connectivity index (χ4v) is 2.82. The first-order valence-electron chi connectivity index (χ1n) is 7.35. The summed E-state index contributed by atoms with van der Waals surface area (Å²) >= 11 is 0. The maximum Gasteiger partial charge on any atom is 0.334 e. The van der Waals surface area contributed by atoms with E-state index in [1.165, 1.54) is 4.90 Å². The highest BCUT2D eigenvalue weighted by atomic mass is 16.5. The number of nitrogens with zero attached hydrogens (tertiary/aromatic N) is 4. The average molecular weight is 318 g/mol. The van der Waals surface area contributed by atoms with Crippen molar-refractivity contribution in [2.75, 3.05) is 19.7 Å². The average Bonchev–Trinajstić information content (AvgIpc) is 2.83. The molecule has 122 valence electrons. The zero-order chi connectivity index (χ0) is 16.7. The van der Waals surface area contributed by atoms with Crippen LogP contribution in [0.1, 0.15) is 27.4 Å². The lowest BCUT2D eigenvalue weighted by Gasteiger charge is -2.30. The van der Waals surface area contributed by atoms with E-state index >= 15 is 0 Å². The molecule has 1 fully saturated rings. The Morgan fingerprint density at radius 3 is 2.78 bits per heavy atom. The molecule has 0 spiro atoms. The van der Waals surface area contributed by atoms with Crippen LogP contribution in [0, 0.1) is 20.8 Å². The minimum absolute atomic E-state index is 0.0236. The molecule has 0 aliphatic carbocycles. The molecule has 1 saturated heterocycles. The van der Waals surface area contributed by atoms with Crippen molar-refractivity contribution in [1.29, 1.82) is 0 Å². The van der Waals surface area contributed by atoms with E-state index in [9.17, 15) is 9.59 Å². The normalized spacial score (nSPS) is 18.4. The van der Waals surface area contributed by atoms with Crippen molar-refractivity contribution in [1.82, 2.24) is 19.5 Å². The Hall–Kier alpha value is -2.48. The minimum atomic E-state index is -1.07. The SMILES string of the molecule is Cc1cc(C)n2nc(C)c(C(=O)N3CCO[C@@H](C(=O)O)C3)c2n1. The van der Waals surface area contributed by atoms with Gasteiger partial charge < -0.3 is 14.7 Å². The number of aliphatic carboxylic acids is 1. The lowest BCUT2D eigenvalue weighted by molar-refractivity contribution is -0.154. The Kier molecular flexibility index (Phi) is 3.77. The molecule has 0 bridgehead atoms. The Morgan fingerprint density at radius 2 is 2.09 bits per heavy atom. The molecular weight excluding hydrogens is 300 g/mol. The van der Waals surface area contributed by atoms with E-state index in [1.54, 1.807) is 11.4 Å². The Labute approximate surface area is 132 Å². The van der Waals surface area contributed by atoms with Crippen LogP contribution >= 0.6 is 0 Å². The van der Waals surface area contributed by atoms with Gasteiger partial charge in [-0.25, -0.2) is 14.3 Å². The molecule has 0 saturated carbocycles. The van der Waals surface area contributed by atoms with E-state index in [1.807, 2.05) is 19.9 Å². The molecule has 1 aliphatic rings. The summed E-state index contributed by atoms with van der Waals surface area (Å²) in [6.07, 6.45) is -0.994. The van der Waals surface area contributed by atoms with Gasteiger partial charge in [0.15, 0.2) is 11.8 Å². The Bertz CT molecular complexity index is 798. The van der Waals surface area contributed by atoms with Crippen molar-refractivity contribution < 1.29 is 19.4 Å². The number of morpholine rings is 1. The highest BCUT2D eigenvalue weighted by Gasteiger charge is 2.32. The van der Waals surface area contributed by atoms with Crippen LogP contribution in [0.3, 0.4) is 0 Å². The van der Waals surface area contributed by atoms with Crippen LogP contribution < -0.4 is 0 Å². The zero-order valence-corrected chi connectivity index (χ0v) is 13.2. The zero-order valence-electron chi connectivity index (χ0n) is 13.2. The van der Waals surface area contributed by atoms with Crippen molar-refractivity contribution in [3.63, 3.8) is 0 Å². The van der Waals surface area contributed by atoms with Crippen molar-refractivity contribution in [3.8, 4) is 0 Å². The lowest BCUT2D eigenvalue weighted by Crippen LogP contribution is -2.48. The second-order valence-electron chi connectivity index (χ2n) is 5.68. The molecule has 1 N–H and O–H groups in total. The number of amides is 1. The first-order valence-corrected chi connectivity index (χ1v) is 7.35. The van der Waals surface area contributed by atoms with Gasteiger partial charge in [0, 0.05) is 17.9 Å². The first kappa shape index (κ1) is 15.4. The number of carbonyl (C=O) groups excluding carboxylic acids is 1.